The Hall–Kier alpha value is -2.20. The van der Waals surface area contributed by atoms with Crippen LogP contribution in [0.4, 0.5) is 5.69 Å². The summed E-state index contributed by atoms with van der Waals surface area (Å²) in [6, 6.07) is 12.6. The molecule has 0 spiro atoms. The summed E-state index contributed by atoms with van der Waals surface area (Å²) in [6.07, 6.45) is 0. The van der Waals surface area contributed by atoms with Crippen LogP contribution in [0.25, 0.3) is 0 Å². The molecule has 5 heteroatoms. The summed E-state index contributed by atoms with van der Waals surface area (Å²) < 4.78 is 10.7. The summed E-state index contributed by atoms with van der Waals surface area (Å²) >= 11 is 6.13. The zero-order valence-electron chi connectivity index (χ0n) is 11.6. The second-order valence-electron chi connectivity index (χ2n) is 4.37. The number of hydrogen-bond acceptors (Lipinski definition) is 4. The molecule has 0 radical (unpaired) electrons. The third-order valence-electron chi connectivity index (χ3n) is 2.79. The number of carbonyl (C=O) groups excluding carboxylic acids is 1. The molecular weight excluding hydrogens is 290 g/mol. The number of nitrogens with two attached hydrogens (primary N) is 1. The van der Waals surface area contributed by atoms with Crippen molar-refractivity contribution in [2.45, 2.75) is 13.5 Å². The van der Waals surface area contributed by atoms with Gasteiger partial charge in [0, 0.05) is 5.69 Å². The maximum atomic E-state index is 12.0. The molecule has 110 valence electrons. The minimum Gasteiger partial charge on any atom is -0.486 e. The van der Waals surface area contributed by atoms with Crippen LogP contribution in [0.3, 0.4) is 0 Å². The van der Waals surface area contributed by atoms with Crippen molar-refractivity contribution in [3.8, 4) is 5.75 Å². The van der Waals surface area contributed by atoms with Crippen LogP contribution in [0, 0.1) is 0 Å². The zero-order chi connectivity index (χ0) is 15.2. The highest BCUT2D eigenvalue weighted by Crippen LogP contribution is 2.32. The monoisotopic (exact) mass is 305 g/mol. The molecule has 2 aromatic rings. The van der Waals surface area contributed by atoms with Gasteiger partial charge in [0.15, 0.2) is 5.75 Å². The van der Waals surface area contributed by atoms with Crippen LogP contribution < -0.4 is 10.5 Å². The van der Waals surface area contributed by atoms with E-state index in [0.29, 0.717) is 12.3 Å². The third-order valence-corrected chi connectivity index (χ3v) is 3.07. The quantitative estimate of drug-likeness (QED) is 0.676. The maximum absolute atomic E-state index is 12.0. The molecule has 0 bridgehead atoms. The van der Waals surface area contributed by atoms with Crippen LogP contribution in [0.15, 0.2) is 42.5 Å². The largest absolute Gasteiger partial charge is 0.486 e. The van der Waals surface area contributed by atoms with E-state index in [4.69, 9.17) is 26.8 Å². The highest BCUT2D eigenvalue weighted by atomic mass is 35.5. The SMILES string of the molecule is CCOC(=O)c1cc(N)cc(Cl)c1OCc1ccccc1. The molecule has 2 rings (SSSR count). The van der Waals surface area contributed by atoms with E-state index in [9.17, 15) is 4.79 Å². The van der Waals surface area contributed by atoms with Gasteiger partial charge in [-0.15, -0.1) is 0 Å². The molecule has 0 fully saturated rings. The number of carbonyl (C=O) groups is 1. The third kappa shape index (κ3) is 3.89. The Morgan fingerprint density at radius 1 is 1.24 bits per heavy atom. The molecule has 0 aliphatic rings. The molecule has 0 aliphatic carbocycles. The Labute approximate surface area is 128 Å². The van der Waals surface area contributed by atoms with Gasteiger partial charge in [-0.25, -0.2) is 4.79 Å². The number of rotatable bonds is 5. The Balaban J connectivity index is 2.26. The molecule has 0 atom stereocenters. The number of ether oxygens (including phenoxy) is 2. The van der Waals surface area contributed by atoms with E-state index in [2.05, 4.69) is 0 Å². The Kier molecular flexibility index (Phi) is 5.06. The lowest BCUT2D eigenvalue weighted by Crippen LogP contribution is -2.09. The first kappa shape index (κ1) is 15.2. The molecule has 0 aromatic heterocycles. The molecule has 21 heavy (non-hydrogen) atoms. The first-order valence-electron chi connectivity index (χ1n) is 6.54. The summed E-state index contributed by atoms with van der Waals surface area (Å²) in [5.74, 6) is -0.220. The van der Waals surface area contributed by atoms with Gasteiger partial charge in [0.25, 0.3) is 0 Å². The van der Waals surface area contributed by atoms with Crippen LogP contribution in [-0.4, -0.2) is 12.6 Å². The standard InChI is InChI=1S/C16H16ClNO3/c1-2-20-16(19)13-8-12(18)9-14(17)15(13)21-10-11-6-4-3-5-7-11/h3-9H,2,10,18H2,1H3. The predicted molar refractivity (Wildman–Crippen MR) is 82.6 cm³/mol. The smallest absolute Gasteiger partial charge is 0.342 e. The van der Waals surface area contributed by atoms with Crippen molar-refractivity contribution in [3.05, 3.63) is 58.6 Å². The number of benzene rings is 2. The highest BCUT2D eigenvalue weighted by molar-refractivity contribution is 6.33. The molecule has 4 nitrogen and oxygen atoms in total. The zero-order valence-corrected chi connectivity index (χ0v) is 12.4. The molecule has 2 N–H and O–H groups in total. The minimum atomic E-state index is -0.505. The number of halogens is 1. The van der Waals surface area contributed by atoms with Crippen molar-refractivity contribution in [1.29, 1.82) is 0 Å². The molecular formula is C16H16ClNO3. The lowest BCUT2D eigenvalue weighted by molar-refractivity contribution is 0.0521. The fourth-order valence-electron chi connectivity index (χ4n) is 1.85. The molecule has 2 aromatic carbocycles. The van der Waals surface area contributed by atoms with Gasteiger partial charge in [0.2, 0.25) is 0 Å². The molecule has 0 amide bonds. The molecule has 0 heterocycles. The summed E-state index contributed by atoms with van der Waals surface area (Å²) in [4.78, 5) is 12.0. The van der Waals surface area contributed by atoms with E-state index in [-0.39, 0.29) is 22.9 Å². The first-order valence-corrected chi connectivity index (χ1v) is 6.92. The second kappa shape index (κ2) is 6.99. The van der Waals surface area contributed by atoms with Crippen molar-refractivity contribution < 1.29 is 14.3 Å². The van der Waals surface area contributed by atoms with Crippen LogP contribution in [0.1, 0.15) is 22.8 Å². The molecule has 0 saturated carbocycles. The maximum Gasteiger partial charge on any atom is 0.342 e. The van der Waals surface area contributed by atoms with Crippen molar-refractivity contribution >= 4 is 23.3 Å². The van der Waals surface area contributed by atoms with E-state index in [0.717, 1.165) is 5.56 Å². The lowest BCUT2D eigenvalue weighted by Gasteiger charge is -2.13. The van der Waals surface area contributed by atoms with Crippen molar-refractivity contribution in [2.75, 3.05) is 12.3 Å². The Morgan fingerprint density at radius 2 is 1.95 bits per heavy atom. The van der Waals surface area contributed by atoms with Crippen molar-refractivity contribution in [1.82, 2.24) is 0 Å². The van der Waals surface area contributed by atoms with Gasteiger partial charge in [-0.2, -0.15) is 0 Å². The van der Waals surface area contributed by atoms with Crippen LogP contribution >= 0.6 is 11.6 Å². The van der Waals surface area contributed by atoms with E-state index >= 15 is 0 Å². The van der Waals surface area contributed by atoms with Crippen molar-refractivity contribution in [3.63, 3.8) is 0 Å². The predicted octanol–water partition coefficient (Wildman–Crippen LogP) is 3.68. The molecule has 0 saturated heterocycles. The first-order chi connectivity index (χ1) is 10.1. The Bertz CT molecular complexity index is 629. The fourth-order valence-corrected chi connectivity index (χ4v) is 2.13. The normalized spacial score (nSPS) is 10.2. The van der Waals surface area contributed by atoms with Crippen LogP contribution in [0.2, 0.25) is 5.02 Å². The highest BCUT2D eigenvalue weighted by Gasteiger charge is 2.18. The van der Waals surface area contributed by atoms with Gasteiger partial charge in [-0.1, -0.05) is 41.9 Å². The topological polar surface area (TPSA) is 61.5 Å². The minimum absolute atomic E-state index is 0.234. The van der Waals surface area contributed by atoms with Gasteiger partial charge >= 0.3 is 5.97 Å². The fraction of sp³-hybridized carbons (Fsp3) is 0.188. The summed E-state index contributed by atoms with van der Waals surface area (Å²) in [5, 5.41) is 0.286. The van der Waals surface area contributed by atoms with E-state index in [1.807, 2.05) is 30.3 Å². The lowest BCUT2D eigenvalue weighted by atomic mass is 10.1. The van der Waals surface area contributed by atoms with Gasteiger partial charge in [0.1, 0.15) is 12.2 Å². The average Bonchev–Trinajstić information content (AvgIpc) is 2.47. The Morgan fingerprint density at radius 3 is 2.62 bits per heavy atom. The average molecular weight is 306 g/mol. The van der Waals surface area contributed by atoms with Gasteiger partial charge in [-0.05, 0) is 24.6 Å². The number of esters is 1. The molecule has 0 unspecified atom stereocenters. The van der Waals surface area contributed by atoms with Gasteiger partial charge in [-0.3, -0.25) is 0 Å². The number of hydrogen-bond donors (Lipinski definition) is 1. The number of nitrogen functional groups attached to an aromatic ring is 1. The van der Waals surface area contributed by atoms with Gasteiger partial charge < -0.3 is 15.2 Å². The molecule has 0 aliphatic heterocycles. The van der Waals surface area contributed by atoms with Crippen LogP contribution in [-0.2, 0) is 11.3 Å². The van der Waals surface area contributed by atoms with Gasteiger partial charge in [0.05, 0.1) is 11.6 Å². The summed E-state index contributed by atoms with van der Waals surface area (Å²) in [5.41, 5.74) is 7.31. The van der Waals surface area contributed by atoms with E-state index < -0.39 is 5.97 Å². The second-order valence-corrected chi connectivity index (χ2v) is 4.78. The van der Waals surface area contributed by atoms with E-state index in [1.165, 1.54) is 6.07 Å². The van der Waals surface area contributed by atoms with E-state index in [1.54, 1.807) is 13.0 Å². The number of anilines is 1. The summed E-state index contributed by atoms with van der Waals surface area (Å²) in [6.45, 7) is 2.30. The summed E-state index contributed by atoms with van der Waals surface area (Å²) in [7, 11) is 0. The van der Waals surface area contributed by atoms with Crippen LogP contribution in [0.5, 0.6) is 5.75 Å². The van der Waals surface area contributed by atoms with Crippen molar-refractivity contribution in [2.24, 2.45) is 0 Å².